The van der Waals surface area contributed by atoms with E-state index in [1.54, 1.807) is 28.4 Å². The standard InChI is InChI=1S/C18H31N3O3.HI/c1-7-13(8-2)11-20-18(19-3)21-12-14-9-10-15(22-4)17(24-6)16(14)23-5;/h9-10,13H,7-8,11-12H2,1-6H3,(H2,19,20,21);1H. The van der Waals surface area contributed by atoms with Crippen LogP contribution >= 0.6 is 24.0 Å². The van der Waals surface area contributed by atoms with E-state index in [4.69, 9.17) is 14.2 Å². The van der Waals surface area contributed by atoms with Crippen molar-refractivity contribution in [2.24, 2.45) is 10.9 Å². The zero-order valence-corrected chi connectivity index (χ0v) is 18.5. The van der Waals surface area contributed by atoms with Gasteiger partial charge in [0.2, 0.25) is 5.75 Å². The molecule has 0 aliphatic carbocycles. The molecule has 2 N–H and O–H groups in total. The van der Waals surface area contributed by atoms with Gasteiger partial charge in [-0.3, -0.25) is 4.99 Å². The fraction of sp³-hybridized carbons (Fsp3) is 0.611. The summed E-state index contributed by atoms with van der Waals surface area (Å²) in [6, 6.07) is 3.83. The van der Waals surface area contributed by atoms with Crippen LogP contribution < -0.4 is 24.8 Å². The highest BCUT2D eigenvalue weighted by Gasteiger charge is 2.16. The molecule has 7 heteroatoms. The number of aliphatic imine (C=N–C) groups is 1. The predicted molar refractivity (Wildman–Crippen MR) is 114 cm³/mol. The lowest BCUT2D eigenvalue weighted by Crippen LogP contribution is -2.39. The van der Waals surface area contributed by atoms with E-state index in [9.17, 15) is 0 Å². The molecule has 0 aliphatic rings. The summed E-state index contributed by atoms with van der Waals surface area (Å²) >= 11 is 0. The molecular formula is C18H32IN3O3. The summed E-state index contributed by atoms with van der Waals surface area (Å²) in [5, 5.41) is 6.69. The van der Waals surface area contributed by atoms with Crippen LogP contribution in [0.25, 0.3) is 0 Å². The van der Waals surface area contributed by atoms with E-state index in [2.05, 4.69) is 29.5 Å². The van der Waals surface area contributed by atoms with Gasteiger partial charge in [0.25, 0.3) is 0 Å². The van der Waals surface area contributed by atoms with Crippen LogP contribution in [0.5, 0.6) is 17.2 Å². The summed E-state index contributed by atoms with van der Waals surface area (Å²) in [7, 11) is 6.61. The number of halogens is 1. The van der Waals surface area contributed by atoms with E-state index in [-0.39, 0.29) is 24.0 Å². The molecular weight excluding hydrogens is 433 g/mol. The number of hydrogen-bond donors (Lipinski definition) is 2. The molecule has 25 heavy (non-hydrogen) atoms. The van der Waals surface area contributed by atoms with Crippen molar-refractivity contribution in [1.82, 2.24) is 10.6 Å². The third-order valence-electron chi connectivity index (χ3n) is 4.17. The molecule has 0 aliphatic heterocycles. The lowest BCUT2D eigenvalue weighted by Gasteiger charge is -2.19. The van der Waals surface area contributed by atoms with Gasteiger partial charge in [-0.1, -0.05) is 26.7 Å². The van der Waals surface area contributed by atoms with Gasteiger partial charge in [0.05, 0.1) is 21.3 Å². The fourth-order valence-corrected chi connectivity index (χ4v) is 2.52. The Kier molecular flexibility index (Phi) is 12.2. The minimum absolute atomic E-state index is 0. The number of benzene rings is 1. The van der Waals surface area contributed by atoms with Crippen LogP contribution in [-0.2, 0) is 6.54 Å². The predicted octanol–water partition coefficient (Wildman–Crippen LogP) is 3.43. The van der Waals surface area contributed by atoms with E-state index < -0.39 is 0 Å². The number of nitrogens with zero attached hydrogens (tertiary/aromatic N) is 1. The zero-order chi connectivity index (χ0) is 17.9. The maximum absolute atomic E-state index is 5.50. The SMILES string of the molecule is CCC(CC)CNC(=NC)NCc1ccc(OC)c(OC)c1OC.I. The molecule has 1 aromatic rings. The van der Waals surface area contributed by atoms with Gasteiger partial charge in [-0.25, -0.2) is 0 Å². The monoisotopic (exact) mass is 465 g/mol. The van der Waals surface area contributed by atoms with Crippen molar-refractivity contribution in [2.45, 2.75) is 33.2 Å². The molecule has 0 spiro atoms. The average Bonchev–Trinajstić information content (AvgIpc) is 2.63. The van der Waals surface area contributed by atoms with Crippen LogP contribution in [-0.4, -0.2) is 40.9 Å². The van der Waals surface area contributed by atoms with Gasteiger partial charge in [-0.2, -0.15) is 0 Å². The highest BCUT2D eigenvalue weighted by atomic mass is 127. The summed E-state index contributed by atoms with van der Waals surface area (Å²) in [6.07, 6.45) is 2.31. The van der Waals surface area contributed by atoms with Gasteiger partial charge in [0.1, 0.15) is 0 Å². The highest BCUT2D eigenvalue weighted by molar-refractivity contribution is 14.0. The third-order valence-corrected chi connectivity index (χ3v) is 4.17. The molecule has 0 saturated heterocycles. The highest BCUT2D eigenvalue weighted by Crippen LogP contribution is 2.39. The Hall–Kier alpha value is -1.38. The zero-order valence-electron chi connectivity index (χ0n) is 16.1. The van der Waals surface area contributed by atoms with Gasteiger partial charge in [0.15, 0.2) is 17.5 Å². The molecule has 1 rings (SSSR count). The van der Waals surface area contributed by atoms with Crippen molar-refractivity contribution >= 4 is 29.9 Å². The minimum Gasteiger partial charge on any atom is -0.493 e. The lowest BCUT2D eigenvalue weighted by atomic mass is 10.0. The van der Waals surface area contributed by atoms with E-state index in [1.807, 2.05) is 12.1 Å². The van der Waals surface area contributed by atoms with Crippen molar-refractivity contribution in [2.75, 3.05) is 34.9 Å². The molecule has 6 nitrogen and oxygen atoms in total. The van der Waals surface area contributed by atoms with Crippen LogP contribution in [0.1, 0.15) is 32.3 Å². The second kappa shape index (κ2) is 12.9. The quantitative estimate of drug-likeness (QED) is 0.333. The Balaban J connectivity index is 0.00000576. The Morgan fingerprint density at radius 3 is 2.12 bits per heavy atom. The topological polar surface area (TPSA) is 64.1 Å². The third kappa shape index (κ3) is 6.80. The Bertz CT molecular complexity index is 535. The first-order valence-corrected chi connectivity index (χ1v) is 8.37. The molecule has 144 valence electrons. The van der Waals surface area contributed by atoms with Crippen LogP contribution in [0.15, 0.2) is 17.1 Å². The molecule has 0 unspecified atom stereocenters. The van der Waals surface area contributed by atoms with E-state index in [0.717, 1.165) is 30.9 Å². The van der Waals surface area contributed by atoms with Crippen LogP contribution in [0.4, 0.5) is 0 Å². The van der Waals surface area contributed by atoms with Gasteiger partial charge in [-0.05, 0) is 18.1 Å². The summed E-state index contributed by atoms with van der Waals surface area (Å²) in [5.41, 5.74) is 0.973. The van der Waals surface area contributed by atoms with E-state index in [1.165, 1.54) is 0 Å². The molecule has 1 aromatic carbocycles. The maximum atomic E-state index is 5.50. The second-order valence-electron chi connectivity index (χ2n) is 5.48. The maximum Gasteiger partial charge on any atom is 0.203 e. The molecule has 0 amide bonds. The Morgan fingerprint density at radius 1 is 1.00 bits per heavy atom. The van der Waals surface area contributed by atoms with Gasteiger partial charge < -0.3 is 24.8 Å². The molecule has 0 saturated carbocycles. The largest absolute Gasteiger partial charge is 0.493 e. The number of guanidine groups is 1. The number of nitrogens with one attached hydrogen (secondary N) is 2. The molecule has 0 heterocycles. The van der Waals surface area contributed by atoms with Crippen LogP contribution in [0.3, 0.4) is 0 Å². The van der Waals surface area contributed by atoms with E-state index in [0.29, 0.717) is 29.7 Å². The molecule has 0 fully saturated rings. The van der Waals surface area contributed by atoms with E-state index >= 15 is 0 Å². The first-order chi connectivity index (χ1) is 11.6. The van der Waals surface area contributed by atoms with Gasteiger partial charge >= 0.3 is 0 Å². The summed E-state index contributed by atoms with van der Waals surface area (Å²) in [4.78, 5) is 4.27. The lowest BCUT2D eigenvalue weighted by molar-refractivity contribution is 0.322. The van der Waals surface area contributed by atoms with Crippen molar-refractivity contribution < 1.29 is 14.2 Å². The van der Waals surface area contributed by atoms with Crippen LogP contribution in [0, 0.1) is 5.92 Å². The van der Waals surface area contributed by atoms with Crippen molar-refractivity contribution in [1.29, 1.82) is 0 Å². The van der Waals surface area contributed by atoms with Crippen molar-refractivity contribution in [3.8, 4) is 17.2 Å². The number of methoxy groups -OCH3 is 3. The summed E-state index contributed by atoms with van der Waals surface area (Å²) < 4.78 is 16.2. The summed E-state index contributed by atoms with van der Waals surface area (Å²) in [5.74, 6) is 3.34. The van der Waals surface area contributed by atoms with Crippen molar-refractivity contribution in [3.63, 3.8) is 0 Å². The summed E-state index contributed by atoms with van der Waals surface area (Å²) in [6.45, 7) is 5.91. The number of rotatable bonds is 9. The second-order valence-corrected chi connectivity index (χ2v) is 5.48. The number of ether oxygens (including phenoxy) is 3. The van der Waals surface area contributed by atoms with Gasteiger partial charge in [-0.15, -0.1) is 24.0 Å². The first kappa shape index (κ1) is 23.6. The first-order valence-electron chi connectivity index (χ1n) is 8.37. The molecule has 0 aromatic heterocycles. The van der Waals surface area contributed by atoms with Crippen LogP contribution in [0.2, 0.25) is 0 Å². The molecule has 0 bridgehead atoms. The smallest absolute Gasteiger partial charge is 0.203 e. The Morgan fingerprint density at radius 2 is 1.64 bits per heavy atom. The van der Waals surface area contributed by atoms with Gasteiger partial charge in [0, 0.05) is 25.7 Å². The minimum atomic E-state index is 0. The average molecular weight is 465 g/mol. The molecule has 0 radical (unpaired) electrons. The molecule has 0 atom stereocenters. The number of hydrogen-bond acceptors (Lipinski definition) is 4. The normalized spacial score (nSPS) is 10.9. The fourth-order valence-electron chi connectivity index (χ4n) is 2.52. The Labute approximate surface area is 168 Å². The van der Waals surface area contributed by atoms with Crippen molar-refractivity contribution in [3.05, 3.63) is 17.7 Å².